The second kappa shape index (κ2) is 9.95. The summed E-state index contributed by atoms with van der Waals surface area (Å²) in [6, 6.07) is 12.8. The maximum Gasteiger partial charge on any atom is 0.359 e. The number of nitrogens with one attached hydrogen (secondary N) is 1. The van der Waals surface area contributed by atoms with E-state index in [4.69, 9.17) is 37.4 Å². The van der Waals surface area contributed by atoms with Crippen LogP contribution < -0.4 is 10.1 Å². The number of carbonyl (C=O) groups excluding carboxylic acids is 1. The summed E-state index contributed by atoms with van der Waals surface area (Å²) < 4.78 is 16.5. The predicted octanol–water partition coefficient (Wildman–Crippen LogP) is 5.36. The molecule has 2 atom stereocenters. The maximum atomic E-state index is 12.7. The van der Waals surface area contributed by atoms with Gasteiger partial charge in [-0.05, 0) is 36.2 Å². The van der Waals surface area contributed by atoms with Gasteiger partial charge in [0, 0.05) is 23.6 Å². The van der Waals surface area contributed by atoms with E-state index >= 15 is 0 Å². The molecule has 33 heavy (non-hydrogen) atoms. The van der Waals surface area contributed by atoms with Gasteiger partial charge in [0.25, 0.3) is 5.88 Å². The number of anilines is 1. The minimum absolute atomic E-state index is 0.00395. The Kier molecular flexibility index (Phi) is 7.02. The van der Waals surface area contributed by atoms with Crippen molar-refractivity contribution in [1.82, 2.24) is 9.97 Å². The summed E-state index contributed by atoms with van der Waals surface area (Å²) in [6.45, 7) is 2.53. The van der Waals surface area contributed by atoms with Crippen LogP contribution in [0.1, 0.15) is 34.6 Å². The van der Waals surface area contributed by atoms with Crippen molar-refractivity contribution in [2.24, 2.45) is 0 Å². The monoisotopic (exact) mass is 487 g/mol. The minimum atomic E-state index is -0.651. The Bertz CT molecular complexity index is 1190. The van der Waals surface area contributed by atoms with Crippen LogP contribution in [-0.2, 0) is 15.9 Å². The third kappa shape index (κ3) is 4.62. The van der Waals surface area contributed by atoms with Crippen LogP contribution in [0.15, 0.2) is 42.5 Å². The lowest BCUT2D eigenvalue weighted by atomic mass is 10.1. The van der Waals surface area contributed by atoms with Crippen LogP contribution in [0, 0.1) is 0 Å². The summed E-state index contributed by atoms with van der Waals surface area (Å²) in [5, 5.41) is 4.17. The van der Waals surface area contributed by atoms with Crippen molar-refractivity contribution in [2.45, 2.75) is 25.5 Å². The molecule has 1 aliphatic carbocycles. The third-order valence-corrected chi connectivity index (χ3v) is 6.03. The first kappa shape index (κ1) is 23.3. The maximum absolute atomic E-state index is 12.7. The molecule has 1 aromatic heterocycles. The van der Waals surface area contributed by atoms with Gasteiger partial charge in [-0.25, -0.2) is 14.8 Å². The lowest BCUT2D eigenvalue weighted by Crippen LogP contribution is -2.26. The number of hydrogen-bond donors (Lipinski definition) is 1. The first-order valence-corrected chi connectivity index (χ1v) is 11.2. The van der Waals surface area contributed by atoms with E-state index in [1.54, 1.807) is 18.2 Å². The summed E-state index contributed by atoms with van der Waals surface area (Å²) in [7, 11) is 2.77. The molecule has 9 heteroatoms. The molecule has 0 saturated heterocycles. The van der Waals surface area contributed by atoms with Gasteiger partial charge in [0.05, 0.1) is 31.4 Å². The zero-order valence-corrected chi connectivity index (χ0v) is 19.9. The molecule has 2 aromatic carbocycles. The number of carbonyl (C=O) groups is 1. The molecule has 0 bridgehead atoms. The molecule has 0 saturated carbocycles. The Hall–Kier alpha value is -2.87. The molecule has 3 aromatic rings. The van der Waals surface area contributed by atoms with Crippen molar-refractivity contribution in [3.05, 3.63) is 69.3 Å². The molecular formula is C24H23Cl2N3O4. The second-order valence-corrected chi connectivity index (χ2v) is 8.26. The number of esters is 1. The molecule has 0 unspecified atom stereocenters. The standard InChI is InChI=1S/C24H23Cl2N3O4/c1-4-33-18-11-13-7-5-6-8-15(13)19(18)27-22-23(31-2)29-20(21(28-22)24(30)32-3)16-10-9-14(25)12-17(16)26/h5-10,12,18-19H,4,11H2,1-3H3,(H,27,28)/t18-,19+/m0/s1. The molecule has 4 rings (SSSR count). The van der Waals surface area contributed by atoms with Gasteiger partial charge in [-0.15, -0.1) is 0 Å². The van der Waals surface area contributed by atoms with Gasteiger partial charge in [-0.2, -0.15) is 0 Å². The largest absolute Gasteiger partial charge is 0.478 e. The van der Waals surface area contributed by atoms with E-state index in [-0.39, 0.29) is 29.4 Å². The van der Waals surface area contributed by atoms with Crippen LogP contribution in [0.5, 0.6) is 5.88 Å². The fraction of sp³-hybridized carbons (Fsp3) is 0.292. The first-order valence-electron chi connectivity index (χ1n) is 10.4. The highest BCUT2D eigenvalue weighted by atomic mass is 35.5. The van der Waals surface area contributed by atoms with Crippen molar-refractivity contribution in [3.63, 3.8) is 0 Å². The molecule has 1 heterocycles. The van der Waals surface area contributed by atoms with Crippen LogP contribution in [0.2, 0.25) is 10.0 Å². The molecule has 0 radical (unpaired) electrons. The highest BCUT2D eigenvalue weighted by Gasteiger charge is 2.34. The van der Waals surface area contributed by atoms with Gasteiger partial charge < -0.3 is 19.5 Å². The van der Waals surface area contributed by atoms with Crippen LogP contribution in [0.4, 0.5) is 5.82 Å². The van der Waals surface area contributed by atoms with E-state index < -0.39 is 5.97 Å². The van der Waals surface area contributed by atoms with E-state index in [1.165, 1.54) is 19.8 Å². The lowest BCUT2D eigenvalue weighted by Gasteiger charge is -2.23. The SMILES string of the molecule is CCO[C@H]1Cc2ccccc2[C@H]1Nc1nc(C(=O)OC)c(-c2ccc(Cl)cc2Cl)nc1OC. The Morgan fingerprint density at radius 1 is 1.15 bits per heavy atom. The van der Waals surface area contributed by atoms with E-state index in [0.717, 1.165) is 12.0 Å². The number of ether oxygens (including phenoxy) is 3. The number of hydrogen-bond acceptors (Lipinski definition) is 7. The van der Waals surface area contributed by atoms with E-state index in [1.807, 2.05) is 19.1 Å². The summed E-state index contributed by atoms with van der Waals surface area (Å²) in [4.78, 5) is 21.8. The molecule has 0 fully saturated rings. The van der Waals surface area contributed by atoms with Crippen molar-refractivity contribution in [3.8, 4) is 17.1 Å². The average molecular weight is 488 g/mol. The summed E-state index contributed by atoms with van der Waals surface area (Å²) in [6.07, 6.45) is 0.658. The number of fused-ring (bicyclic) bond motifs is 1. The van der Waals surface area contributed by atoms with Gasteiger partial charge in [0.1, 0.15) is 5.69 Å². The topological polar surface area (TPSA) is 82.6 Å². The Labute approximate surface area is 202 Å². The number of aromatic nitrogens is 2. The summed E-state index contributed by atoms with van der Waals surface area (Å²) >= 11 is 12.4. The van der Waals surface area contributed by atoms with Crippen LogP contribution in [0.25, 0.3) is 11.3 Å². The molecule has 1 N–H and O–H groups in total. The van der Waals surface area contributed by atoms with Crippen molar-refractivity contribution < 1.29 is 19.0 Å². The molecule has 1 aliphatic rings. The summed E-state index contributed by atoms with van der Waals surface area (Å²) in [5.41, 5.74) is 3.02. The fourth-order valence-electron chi connectivity index (χ4n) is 4.01. The molecule has 0 aliphatic heterocycles. The molecule has 0 spiro atoms. The van der Waals surface area contributed by atoms with Gasteiger partial charge in [-0.3, -0.25) is 0 Å². The van der Waals surface area contributed by atoms with E-state index in [2.05, 4.69) is 27.4 Å². The quantitative estimate of drug-likeness (QED) is 0.449. The van der Waals surface area contributed by atoms with Gasteiger partial charge >= 0.3 is 5.97 Å². The zero-order valence-electron chi connectivity index (χ0n) is 18.4. The van der Waals surface area contributed by atoms with Gasteiger partial charge in [0.15, 0.2) is 11.5 Å². The molecule has 0 amide bonds. The highest BCUT2D eigenvalue weighted by molar-refractivity contribution is 6.36. The highest BCUT2D eigenvalue weighted by Crippen LogP contribution is 2.39. The zero-order chi connectivity index (χ0) is 23.5. The number of nitrogens with zero attached hydrogens (tertiary/aromatic N) is 2. The Morgan fingerprint density at radius 2 is 1.94 bits per heavy atom. The predicted molar refractivity (Wildman–Crippen MR) is 127 cm³/mol. The van der Waals surface area contributed by atoms with Gasteiger partial charge in [-0.1, -0.05) is 47.5 Å². The van der Waals surface area contributed by atoms with Crippen molar-refractivity contribution in [2.75, 3.05) is 26.1 Å². The molecular weight excluding hydrogens is 465 g/mol. The average Bonchev–Trinajstić information content (AvgIpc) is 3.16. The second-order valence-electron chi connectivity index (χ2n) is 7.41. The Balaban J connectivity index is 1.81. The summed E-state index contributed by atoms with van der Waals surface area (Å²) in [5.74, 6) is -0.135. The Morgan fingerprint density at radius 3 is 2.64 bits per heavy atom. The van der Waals surface area contributed by atoms with Crippen LogP contribution in [0.3, 0.4) is 0 Å². The third-order valence-electron chi connectivity index (χ3n) is 5.48. The van der Waals surface area contributed by atoms with Crippen LogP contribution >= 0.6 is 23.2 Å². The first-order chi connectivity index (χ1) is 16.0. The van der Waals surface area contributed by atoms with Gasteiger partial charge in [0.2, 0.25) is 0 Å². The number of methoxy groups -OCH3 is 2. The minimum Gasteiger partial charge on any atom is -0.478 e. The van der Waals surface area contributed by atoms with Crippen molar-refractivity contribution >= 4 is 35.0 Å². The number of benzene rings is 2. The number of halogens is 2. The van der Waals surface area contributed by atoms with Crippen molar-refractivity contribution in [1.29, 1.82) is 0 Å². The fourth-order valence-corrected chi connectivity index (χ4v) is 4.51. The van der Waals surface area contributed by atoms with E-state index in [9.17, 15) is 4.79 Å². The van der Waals surface area contributed by atoms with Crippen LogP contribution in [-0.4, -0.2) is 42.9 Å². The lowest BCUT2D eigenvalue weighted by molar-refractivity contribution is 0.0572. The molecule has 7 nitrogen and oxygen atoms in total. The smallest absolute Gasteiger partial charge is 0.359 e. The molecule has 172 valence electrons. The normalized spacial score (nSPS) is 16.9. The van der Waals surface area contributed by atoms with E-state index in [0.29, 0.717) is 28.0 Å². The number of rotatable bonds is 7.